The van der Waals surface area contributed by atoms with Gasteiger partial charge in [-0.05, 0) is 49.4 Å². The molecule has 1 atom stereocenters. The molecule has 0 radical (unpaired) electrons. The molecule has 0 aliphatic heterocycles. The zero-order valence-electron chi connectivity index (χ0n) is 15.1. The maximum absolute atomic E-state index is 13.3. The van der Waals surface area contributed by atoms with Crippen LogP contribution in [0.1, 0.15) is 13.0 Å². The second-order valence-electron chi connectivity index (χ2n) is 6.02. The average molecular weight is 385 g/mol. The van der Waals surface area contributed by atoms with E-state index in [-0.39, 0.29) is 5.69 Å². The molecule has 0 aliphatic carbocycles. The standard InChI is InChI=1S/C20H17F2N3O3/c1-12(20(27)23-14-5-8-16(21)17(22)11-14)25-19(26)10-9-18(24-25)13-3-6-15(28-2)7-4-13/h3-12H,1-2H3,(H,23,27). The number of aromatic nitrogens is 2. The molecule has 2 aromatic carbocycles. The Hall–Kier alpha value is -3.55. The topological polar surface area (TPSA) is 73.2 Å². The minimum Gasteiger partial charge on any atom is -0.497 e. The van der Waals surface area contributed by atoms with Gasteiger partial charge in [0.1, 0.15) is 11.8 Å². The molecule has 1 unspecified atom stereocenters. The van der Waals surface area contributed by atoms with Crippen molar-refractivity contribution < 1.29 is 18.3 Å². The van der Waals surface area contributed by atoms with Crippen LogP contribution in [0.15, 0.2) is 59.4 Å². The van der Waals surface area contributed by atoms with E-state index in [4.69, 9.17) is 4.74 Å². The highest BCUT2D eigenvalue weighted by Gasteiger charge is 2.19. The molecule has 1 heterocycles. The Morgan fingerprint density at radius 3 is 2.43 bits per heavy atom. The smallest absolute Gasteiger partial charge is 0.267 e. The van der Waals surface area contributed by atoms with E-state index in [9.17, 15) is 18.4 Å². The van der Waals surface area contributed by atoms with Gasteiger partial charge in [0.05, 0.1) is 12.8 Å². The van der Waals surface area contributed by atoms with Crippen LogP contribution in [0.2, 0.25) is 0 Å². The van der Waals surface area contributed by atoms with Crippen LogP contribution in [-0.2, 0) is 4.79 Å². The normalized spacial score (nSPS) is 11.7. The number of amides is 1. The Bertz CT molecular complexity index is 1070. The van der Waals surface area contributed by atoms with Gasteiger partial charge in [-0.2, -0.15) is 5.10 Å². The molecule has 1 aromatic heterocycles. The van der Waals surface area contributed by atoms with Crippen molar-refractivity contribution in [1.29, 1.82) is 0 Å². The Morgan fingerprint density at radius 1 is 1.07 bits per heavy atom. The quantitative estimate of drug-likeness (QED) is 0.731. The van der Waals surface area contributed by atoms with E-state index in [1.165, 1.54) is 19.1 Å². The van der Waals surface area contributed by atoms with Crippen molar-refractivity contribution in [3.8, 4) is 17.0 Å². The largest absolute Gasteiger partial charge is 0.497 e. The fraction of sp³-hybridized carbons (Fsp3) is 0.150. The van der Waals surface area contributed by atoms with E-state index in [0.29, 0.717) is 11.4 Å². The van der Waals surface area contributed by atoms with Gasteiger partial charge >= 0.3 is 0 Å². The minimum absolute atomic E-state index is 0.0788. The fourth-order valence-corrected chi connectivity index (χ4v) is 2.55. The second-order valence-corrected chi connectivity index (χ2v) is 6.02. The van der Waals surface area contributed by atoms with Gasteiger partial charge in [0.25, 0.3) is 5.56 Å². The van der Waals surface area contributed by atoms with Crippen molar-refractivity contribution in [2.75, 3.05) is 12.4 Å². The molecule has 3 rings (SSSR count). The Kier molecular flexibility index (Phi) is 5.49. The third-order valence-electron chi connectivity index (χ3n) is 4.14. The number of halogens is 2. The molecule has 0 bridgehead atoms. The van der Waals surface area contributed by atoms with Crippen LogP contribution in [0.4, 0.5) is 14.5 Å². The number of carbonyl (C=O) groups is 1. The summed E-state index contributed by atoms with van der Waals surface area (Å²) in [5.41, 5.74) is 0.845. The zero-order valence-corrected chi connectivity index (χ0v) is 15.1. The number of rotatable bonds is 5. The lowest BCUT2D eigenvalue weighted by Gasteiger charge is -2.15. The highest BCUT2D eigenvalue weighted by atomic mass is 19.2. The van der Waals surface area contributed by atoms with Crippen molar-refractivity contribution in [3.05, 3.63) is 76.6 Å². The van der Waals surface area contributed by atoms with Gasteiger partial charge in [0.15, 0.2) is 11.6 Å². The van der Waals surface area contributed by atoms with Crippen molar-refractivity contribution in [2.45, 2.75) is 13.0 Å². The van der Waals surface area contributed by atoms with E-state index in [2.05, 4.69) is 10.4 Å². The Balaban J connectivity index is 1.85. The summed E-state index contributed by atoms with van der Waals surface area (Å²) in [5, 5.41) is 6.71. The molecule has 8 heteroatoms. The van der Waals surface area contributed by atoms with Gasteiger partial charge in [-0.15, -0.1) is 0 Å². The average Bonchev–Trinajstić information content (AvgIpc) is 2.70. The molecule has 144 valence electrons. The Morgan fingerprint density at radius 2 is 1.79 bits per heavy atom. The number of nitrogens with one attached hydrogen (secondary N) is 1. The number of hydrogen-bond donors (Lipinski definition) is 1. The van der Waals surface area contributed by atoms with E-state index in [1.807, 2.05) is 0 Å². The van der Waals surface area contributed by atoms with E-state index < -0.39 is 29.1 Å². The van der Waals surface area contributed by atoms with Crippen LogP contribution >= 0.6 is 0 Å². The molecular formula is C20H17F2N3O3. The number of anilines is 1. The lowest BCUT2D eigenvalue weighted by Crippen LogP contribution is -2.33. The summed E-state index contributed by atoms with van der Waals surface area (Å²) in [5.74, 6) is -2.01. The lowest BCUT2D eigenvalue weighted by molar-refractivity contribution is -0.119. The lowest BCUT2D eigenvalue weighted by atomic mass is 10.1. The highest BCUT2D eigenvalue weighted by molar-refractivity contribution is 5.93. The van der Waals surface area contributed by atoms with Crippen LogP contribution in [0.25, 0.3) is 11.3 Å². The zero-order chi connectivity index (χ0) is 20.3. The van der Waals surface area contributed by atoms with Crippen LogP contribution in [0, 0.1) is 11.6 Å². The summed E-state index contributed by atoms with van der Waals surface area (Å²) >= 11 is 0. The summed E-state index contributed by atoms with van der Waals surface area (Å²) in [7, 11) is 1.56. The number of ether oxygens (including phenoxy) is 1. The Labute approximate surface area is 159 Å². The first-order valence-electron chi connectivity index (χ1n) is 8.39. The summed E-state index contributed by atoms with van der Waals surface area (Å²) in [4.78, 5) is 24.6. The number of benzene rings is 2. The number of nitrogens with zero attached hydrogens (tertiary/aromatic N) is 2. The van der Waals surface area contributed by atoms with E-state index in [1.54, 1.807) is 37.4 Å². The molecule has 1 amide bonds. The van der Waals surface area contributed by atoms with Crippen LogP contribution in [-0.4, -0.2) is 22.8 Å². The molecule has 0 saturated heterocycles. The van der Waals surface area contributed by atoms with Gasteiger partial charge in [-0.25, -0.2) is 13.5 Å². The van der Waals surface area contributed by atoms with E-state index in [0.717, 1.165) is 22.4 Å². The fourth-order valence-electron chi connectivity index (χ4n) is 2.55. The van der Waals surface area contributed by atoms with Crippen molar-refractivity contribution >= 4 is 11.6 Å². The summed E-state index contributed by atoms with van der Waals surface area (Å²) in [6.07, 6.45) is 0. The van der Waals surface area contributed by atoms with Crippen molar-refractivity contribution in [2.24, 2.45) is 0 Å². The van der Waals surface area contributed by atoms with E-state index >= 15 is 0 Å². The summed E-state index contributed by atoms with van der Waals surface area (Å²) in [6, 6.07) is 12.0. The third kappa shape index (κ3) is 4.06. The first kappa shape index (κ1) is 19.2. The molecule has 28 heavy (non-hydrogen) atoms. The van der Waals surface area contributed by atoms with Gasteiger partial charge in [-0.3, -0.25) is 9.59 Å². The summed E-state index contributed by atoms with van der Waals surface area (Å²) < 4.78 is 32.5. The molecule has 6 nitrogen and oxygen atoms in total. The molecule has 3 aromatic rings. The van der Waals surface area contributed by atoms with Crippen LogP contribution in [0.5, 0.6) is 5.75 Å². The molecular weight excluding hydrogens is 368 g/mol. The van der Waals surface area contributed by atoms with Gasteiger partial charge in [0.2, 0.25) is 5.91 Å². The maximum atomic E-state index is 13.3. The number of hydrogen-bond acceptors (Lipinski definition) is 4. The second kappa shape index (κ2) is 7.99. The minimum atomic E-state index is -1.08. The van der Waals surface area contributed by atoms with Gasteiger partial charge < -0.3 is 10.1 Å². The molecule has 0 aliphatic rings. The predicted molar refractivity (Wildman–Crippen MR) is 100 cm³/mol. The molecule has 0 spiro atoms. The van der Waals surface area contributed by atoms with Gasteiger partial charge in [-0.1, -0.05) is 0 Å². The predicted octanol–water partition coefficient (Wildman–Crippen LogP) is 3.40. The van der Waals surface area contributed by atoms with Crippen LogP contribution < -0.4 is 15.6 Å². The molecule has 1 N–H and O–H groups in total. The number of carbonyl (C=O) groups excluding carboxylic acids is 1. The molecule has 0 fully saturated rings. The first-order chi connectivity index (χ1) is 13.4. The third-order valence-corrected chi connectivity index (χ3v) is 4.14. The van der Waals surface area contributed by atoms with Gasteiger partial charge in [0, 0.05) is 23.4 Å². The monoisotopic (exact) mass is 385 g/mol. The molecule has 0 saturated carbocycles. The number of methoxy groups -OCH3 is 1. The van der Waals surface area contributed by atoms with Crippen LogP contribution in [0.3, 0.4) is 0 Å². The SMILES string of the molecule is COc1ccc(-c2ccc(=O)n(C(C)C(=O)Nc3ccc(F)c(F)c3)n2)cc1. The maximum Gasteiger partial charge on any atom is 0.267 e. The highest BCUT2D eigenvalue weighted by Crippen LogP contribution is 2.20. The summed E-state index contributed by atoms with van der Waals surface area (Å²) in [6.45, 7) is 1.49. The van der Waals surface area contributed by atoms with Crippen molar-refractivity contribution in [3.63, 3.8) is 0 Å². The van der Waals surface area contributed by atoms with Crippen molar-refractivity contribution in [1.82, 2.24) is 9.78 Å². The first-order valence-corrected chi connectivity index (χ1v) is 8.39.